The van der Waals surface area contributed by atoms with Crippen molar-refractivity contribution in [3.05, 3.63) is 24.0 Å². The molecular weight excluding hydrogens is 277 g/mol. The number of carbonyl (C=O) groups excluding carboxylic acids is 2. The molecule has 0 saturated heterocycles. The quantitative estimate of drug-likeness (QED) is 0.911. The minimum atomic E-state index is -4.51. The lowest BCUT2D eigenvalue weighted by Gasteiger charge is -2.20. The van der Waals surface area contributed by atoms with Gasteiger partial charge in [-0.25, -0.2) is 9.36 Å². The molecule has 0 aliphatic carbocycles. The largest absolute Gasteiger partial charge is 0.443 e. The van der Waals surface area contributed by atoms with E-state index in [0.717, 1.165) is 4.57 Å². The van der Waals surface area contributed by atoms with E-state index in [9.17, 15) is 22.8 Å². The fourth-order valence-corrected chi connectivity index (χ4v) is 1.31. The number of amides is 1. The molecule has 112 valence electrons. The van der Waals surface area contributed by atoms with Crippen LogP contribution in [-0.2, 0) is 4.74 Å². The van der Waals surface area contributed by atoms with E-state index in [1.807, 2.05) is 0 Å². The number of hydrogen-bond donors (Lipinski definition) is 1. The molecule has 1 amide bonds. The van der Waals surface area contributed by atoms with Crippen LogP contribution < -0.4 is 5.32 Å². The van der Waals surface area contributed by atoms with E-state index >= 15 is 0 Å². The van der Waals surface area contributed by atoms with E-state index in [1.54, 1.807) is 26.1 Å². The SMILES string of the molecule is CC(C)(C)OC(=O)n1cccc1C(=O)NCC(F)(F)F. The minimum Gasteiger partial charge on any atom is -0.443 e. The van der Waals surface area contributed by atoms with Gasteiger partial charge in [-0.2, -0.15) is 13.2 Å². The molecule has 20 heavy (non-hydrogen) atoms. The van der Waals surface area contributed by atoms with Gasteiger partial charge in [-0.05, 0) is 32.9 Å². The molecule has 1 aromatic heterocycles. The Bertz CT molecular complexity index is 501. The van der Waals surface area contributed by atoms with Crippen molar-refractivity contribution in [2.24, 2.45) is 0 Å². The van der Waals surface area contributed by atoms with Crippen LogP contribution in [0.5, 0.6) is 0 Å². The number of nitrogens with zero attached hydrogens (tertiary/aromatic N) is 1. The molecule has 0 aliphatic heterocycles. The zero-order valence-corrected chi connectivity index (χ0v) is 11.2. The van der Waals surface area contributed by atoms with Gasteiger partial charge in [0.1, 0.15) is 17.8 Å². The molecule has 0 radical (unpaired) electrons. The summed E-state index contributed by atoms with van der Waals surface area (Å²) in [5.74, 6) is -1.00. The highest BCUT2D eigenvalue weighted by Gasteiger charge is 2.29. The van der Waals surface area contributed by atoms with Gasteiger partial charge in [-0.15, -0.1) is 0 Å². The number of alkyl halides is 3. The third kappa shape index (κ3) is 4.94. The second kappa shape index (κ2) is 5.56. The predicted octanol–water partition coefficient (Wildman–Crippen LogP) is 2.56. The monoisotopic (exact) mass is 292 g/mol. The third-order valence-electron chi connectivity index (χ3n) is 2.02. The van der Waals surface area contributed by atoms with Gasteiger partial charge in [0.2, 0.25) is 0 Å². The number of halogens is 3. The Morgan fingerprint density at radius 3 is 2.40 bits per heavy atom. The first-order valence-corrected chi connectivity index (χ1v) is 5.75. The van der Waals surface area contributed by atoms with Gasteiger partial charge >= 0.3 is 12.3 Å². The Morgan fingerprint density at radius 1 is 1.30 bits per heavy atom. The standard InChI is InChI=1S/C12H15F3N2O3/c1-11(2,3)20-10(19)17-6-4-5-8(17)9(18)16-7-12(13,14)15/h4-6H,7H2,1-3H3,(H,16,18). The second-order valence-electron chi connectivity index (χ2n) is 5.04. The summed E-state index contributed by atoms with van der Waals surface area (Å²) in [6.45, 7) is 3.44. The average molecular weight is 292 g/mol. The molecule has 0 saturated carbocycles. The third-order valence-corrected chi connectivity index (χ3v) is 2.02. The van der Waals surface area contributed by atoms with Crippen molar-refractivity contribution in [1.82, 2.24) is 9.88 Å². The molecule has 0 aliphatic rings. The van der Waals surface area contributed by atoms with Gasteiger partial charge in [0.25, 0.3) is 5.91 Å². The van der Waals surface area contributed by atoms with E-state index in [2.05, 4.69) is 0 Å². The van der Waals surface area contributed by atoms with Crippen molar-refractivity contribution in [2.75, 3.05) is 6.54 Å². The molecular formula is C12H15F3N2O3. The van der Waals surface area contributed by atoms with Crippen molar-refractivity contribution in [3.8, 4) is 0 Å². The maximum atomic E-state index is 12.0. The van der Waals surface area contributed by atoms with Crippen LogP contribution in [0, 0.1) is 0 Å². The van der Waals surface area contributed by atoms with E-state index in [1.165, 1.54) is 18.3 Å². The summed E-state index contributed by atoms with van der Waals surface area (Å²) in [7, 11) is 0. The Balaban J connectivity index is 2.81. The van der Waals surface area contributed by atoms with E-state index in [4.69, 9.17) is 4.74 Å². The zero-order valence-electron chi connectivity index (χ0n) is 11.2. The van der Waals surface area contributed by atoms with Crippen LogP contribution in [0.3, 0.4) is 0 Å². The fourth-order valence-electron chi connectivity index (χ4n) is 1.31. The van der Waals surface area contributed by atoms with Crippen LogP contribution in [0.15, 0.2) is 18.3 Å². The molecule has 0 aromatic carbocycles. The molecule has 0 unspecified atom stereocenters. The summed E-state index contributed by atoms with van der Waals surface area (Å²) in [4.78, 5) is 23.4. The lowest BCUT2D eigenvalue weighted by Crippen LogP contribution is -2.36. The summed E-state index contributed by atoms with van der Waals surface area (Å²) in [6, 6.07) is 2.60. The van der Waals surface area contributed by atoms with Gasteiger partial charge in [-0.1, -0.05) is 0 Å². The number of hydrogen-bond acceptors (Lipinski definition) is 3. The normalized spacial score (nSPS) is 12.1. The van der Waals surface area contributed by atoms with Crippen molar-refractivity contribution >= 4 is 12.0 Å². The first-order valence-electron chi connectivity index (χ1n) is 5.75. The van der Waals surface area contributed by atoms with Crippen molar-refractivity contribution in [2.45, 2.75) is 32.5 Å². The van der Waals surface area contributed by atoms with Gasteiger partial charge in [0.15, 0.2) is 0 Å². The van der Waals surface area contributed by atoms with Crippen molar-refractivity contribution in [3.63, 3.8) is 0 Å². The number of aromatic nitrogens is 1. The number of nitrogens with one attached hydrogen (secondary N) is 1. The number of carbonyl (C=O) groups is 2. The van der Waals surface area contributed by atoms with Crippen LogP contribution >= 0.6 is 0 Å². The molecule has 0 spiro atoms. The first kappa shape index (κ1) is 16.1. The van der Waals surface area contributed by atoms with Crippen LogP contribution in [0.1, 0.15) is 31.3 Å². The summed E-state index contributed by atoms with van der Waals surface area (Å²) in [5, 5.41) is 1.69. The predicted molar refractivity (Wildman–Crippen MR) is 64.5 cm³/mol. The lowest BCUT2D eigenvalue weighted by atomic mass is 10.2. The lowest BCUT2D eigenvalue weighted by molar-refractivity contribution is -0.123. The minimum absolute atomic E-state index is 0.219. The fraction of sp³-hybridized carbons (Fsp3) is 0.500. The summed E-state index contributed by atoms with van der Waals surface area (Å²) < 4.78 is 42.0. The number of rotatable bonds is 2. The molecule has 8 heteroatoms. The molecule has 1 rings (SSSR count). The van der Waals surface area contributed by atoms with Gasteiger partial charge in [0.05, 0.1) is 0 Å². The first-order chi connectivity index (χ1) is 8.99. The van der Waals surface area contributed by atoms with Crippen LogP contribution in [0.25, 0.3) is 0 Å². The average Bonchev–Trinajstić information content (AvgIpc) is 2.71. The Hall–Kier alpha value is -1.99. The van der Waals surface area contributed by atoms with E-state index in [-0.39, 0.29) is 5.69 Å². The van der Waals surface area contributed by atoms with Gasteiger partial charge < -0.3 is 10.1 Å². The Labute approximate surface area is 113 Å². The van der Waals surface area contributed by atoms with Crippen LogP contribution in [0.4, 0.5) is 18.0 Å². The van der Waals surface area contributed by atoms with Crippen LogP contribution in [-0.4, -0.2) is 34.9 Å². The highest BCUT2D eigenvalue weighted by Crippen LogP contribution is 2.14. The summed E-state index contributed by atoms with van der Waals surface area (Å²) in [6.07, 6.45) is -4.10. The number of ether oxygens (including phenoxy) is 1. The summed E-state index contributed by atoms with van der Waals surface area (Å²) in [5.41, 5.74) is -0.996. The van der Waals surface area contributed by atoms with E-state index < -0.39 is 30.3 Å². The maximum absolute atomic E-state index is 12.0. The molecule has 0 bridgehead atoms. The molecule has 0 fully saturated rings. The Kier molecular flexibility index (Phi) is 4.46. The second-order valence-corrected chi connectivity index (χ2v) is 5.04. The topological polar surface area (TPSA) is 60.3 Å². The zero-order chi connectivity index (χ0) is 15.6. The molecule has 0 atom stereocenters. The van der Waals surface area contributed by atoms with Crippen molar-refractivity contribution in [1.29, 1.82) is 0 Å². The molecule has 5 nitrogen and oxygen atoms in total. The molecule has 1 aromatic rings. The van der Waals surface area contributed by atoms with Crippen molar-refractivity contribution < 1.29 is 27.5 Å². The summed E-state index contributed by atoms with van der Waals surface area (Å²) >= 11 is 0. The Morgan fingerprint density at radius 2 is 1.90 bits per heavy atom. The maximum Gasteiger partial charge on any atom is 0.419 e. The molecule has 1 N–H and O–H groups in total. The van der Waals surface area contributed by atoms with Crippen LogP contribution in [0.2, 0.25) is 0 Å². The smallest absolute Gasteiger partial charge is 0.419 e. The van der Waals surface area contributed by atoms with E-state index in [0.29, 0.717) is 0 Å². The highest BCUT2D eigenvalue weighted by atomic mass is 19.4. The highest BCUT2D eigenvalue weighted by molar-refractivity contribution is 5.96. The van der Waals surface area contributed by atoms with Gasteiger partial charge in [-0.3, -0.25) is 4.79 Å². The molecule has 1 heterocycles. The van der Waals surface area contributed by atoms with Gasteiger partial charge in [0, 0.05) is 6.20 Å².